The quantitative estimate of drug-likeness (QED) is 0.744. The van der Waals surface area contributed by atoms with Crippen molar-refractivity contribution >= 4 is 16.6 Å². The Kier molecular flexibility index (Phi) is 4.07. The van der Waals surface area contributed by atoms with Gasteiger partial charge in [-0.05, 0) is 39.3 Å². The van der Waals surface area contributed by atoms with Gasteiger partial charge in [0.1, 0.15) is 12.2 Å². The minimum atomic E-state index is -1.54. The van der Waals surface area contributed by atoms with Crippen molar-refractivity contribution in [1.29, 1.82) is 0 Å². The summed E-state index contributed by atoms with van der Waals surface area (Å²) in [6, 6.07) is 0. The lowest BCUT2D eigenvalue weighted by Gasteiger charge is -2.26. The van der Waals surface area contributed by atoms with Crippen LogP contribution >= 0.6 is 0 Å². The molecule has 0 aromatic rings. The summed E-state index contributed by atoms with van der Waals surface area (Å²) in [6.07, 6.45) is 0.324. The molecule has 2 aliphatic heterocycles. The lowest BCUT2D eigenvalue weighted by atomic mass is 10.1. The van der Waals surface area contributed by atoms with E-state index in [9.17, 15) is 0 Å². The van der Waals surface area contributed by atoms with Crippen LogP contribution in [0.15, 0.2) is 0 Å². The van der Waals surface area contributed by atoms with Crippen LogP contribution in [0.3, 0.4) is 0 Å². The van der Waals surface area contributed by atoms with Crippen LogP contribution in [0.1, 0.15) is 0 Å². The Bertz CT molecular complexity index is 267. The third-order valence-corrected chi connectivity index (χ3v) is 4.99. The topological polar surface area (TPSA) is 36.9 Å². The van der Waals surface area contributed by atoms with Gasteiger partial charge < -0.3 is 18.3 Å². The zero-order chi connectivity index (χ0) is 13.6. The van der Waals surface area contributed by atoms with Crippen molar-refractivity contribution in [2.24, 2.45) is 0 Å². The lowest BCUT2D eigenvalue weighted by molar-refractivity contribution is 0.0135. The van der Waals surface area contributed by atoms with Crippen LogP contribution in [0.2, 0.25) is 39.3 Å². The zero-order valence-electron chi connectivity index (χ0n) is 12.4. The predicted molar refractivity (Wildman–Crippen MR) is 75.9 cm³/mol. The molecule has 2 heterocycles. The Hall–Kier alpha value is 0.274. The number of hydrogen-bond donors (Lipinski definition) is 0. The summed E-state index contributed by atoms with van der Waals surface area (Å²) in [5.74, 6) is 0. The molecule has 0 saturated carbocycles. The molecule has 0 aromatic heterocycles. The molecule has 2 rings (SSSR count). The molecular formula is C12H26O4Si2. The van der Waals surface area contributed by atoms with Gasteiger partial charge in [-0.1, -0.05) is 0 Å². The highest BCUT2D eigenvalue weighted by molar-refractivity contribution is 6.70. The van der Waals surface area contributed by atoms with E-state index in [1.807, 2.05) is 0 Å². The molecule has 18 heavy (non-hydrogen) atoms. The molecule has 4 nitrogen and oxygen atoms in total. The first-order valence-electron chi connectivity index (χ1n) is 6.74. The van der Waals surface area contributed by atoms with Crippen molar-refractivity contribution in [1.82, 2.24) is 0 Å². The van der Waals surface area contributed by atoms with Gasteiger partial charge in [0.05, 0.1) is 25.4 Å². The molecule has 4 atom stereocenters. The van der Waals surface area contributed by atoms with E-state index in [-0.39, 0.29) is 24.4 Å². The second kappa shape index (κ2) is 4.99. The number of ether oxygens (including phenoxy) is 2. The van der Waals surface area contributed by atoms with Gasteiger partial charge >= 0.3 is 0 Å². The van der Waals surface area contributed by atoms with Gasteiger partial charge in [0.25, 0.3) is 0 Å². The van der Waals surface area contributed by atoms with Crippen molar-refractivity contribution in [2.45, 2.75) is 63.7 Å². The van der Waals surface area contributed by atoms with E-state index in [1.165, 1.54) is 0 Å². The number of hydrogen-bond acceptors (Lipinski definition) is 4. The SMILES string of the molecule is C[Si](C)(C)OC1COC2C1OC[C@@H]2O[Si](C)(C)C. The van der Waals surface area contributed by atoms with E-state index >= 15 is 0 Å². The Morgan fingerprint density at radius 3 is 1.33 bits per heavy atom. The van der Waals surface area contributed by atoms with Crippen molar-refractivity contribution < 1.29 is 18.3 Å². The van der Waals surface area contributed by atoms with Crippen molar-refractivity contribution in [3.63, 3.8) is 0 Å². The van der Waals surface area contributed by atoms with Crippen LogP contribution in [0, 0.1) is 0 Å². The third-order valence-electron chi connectivity index (χ3n) is 2.97. The molecule has 6 heteroatoms. The number of rotatable bonds is 4. The van der Waals surface area contributed by atoms with Gasteiger partial charge in [0.2, 0.25) is 0 Å². The summed E-state index contributed by atoms with van der Waals surface area (Å²) in [4.78, 5) is 0. The molecule has 0 spiro atoms. The molecule has 0 aromatic carbocycles. The maximum atomic E-state index is 6.14. The molecule has 0 radical (unpaired) electrons. The van der Waals surface area contributed by atoms with E-state index in [0.29, 0.717) is 13.2 Å². The molecule has 2 saturated heterocycles. The fourth-order valence-corrected chi connectivity index (χ4v) is 4.76. The molecule has 0 bridgehead atoms. The van der Waals surface area contributed by atoms with Crippen molar-refractivity contribution in [3.8, 4) is 0 Å². The second-order valence-electron chi connectivity index (χ2n) is 7.13. The van der Waals surface area contributed by atoms with E-state index < -0.39 is 16.6 Å². The van der Waals surface area contributed by atoms with Gasteiger partial charge in [0, 0.05) is 0 Å². The summed E-state index contributed by atoms with van der Waals surface area (Å²) in [7, 11) is -3.09. The Balaban J connectivity index is 1.95. The fraction of sp³-hybridized carbons (Fsp3) is 1.00. The van der Waals surface area contributed by atoms with Crippen LogP contribution < -0.4 is 0 Å². The first-order chi connectivity index (χ1) is 8.16. The normalized spacial score (nSPS) is 37.0. The van der Waals surface area contributed by atoms with Crippen molar-refractivity contribution in [3.05, 3.63) is 0 Å². The molecule has 106 valence electrons. The summed E-state index contributed by atoms with van der Waals surface area (Å²) in [5.41, 5.74) is 0. The highest BCUT2D eigenvalue weighted by Gasteiger charge is 2.50. The van der Waals surface area contributed by atoms with Gasteiger partial charge in [-0.15, -0.1) is 0 Å². The Morgan fingerprint density at radius 1 is 0.722 bits per heavy atom. The monoisotopic (exact) mass is 290 g/mol. The minimum Gasteiger partial charge on any atom is -0.410 e. The molecule has 0 aliphatic carbocycles. The van der Waals surface area contributed by atoms with E-state index in [4.69, 9.17) is 18.3 Å². The predicted octanol–water partition coefficient (Wildman–Crippen LogP) is 2.22. The van der Waals surface area contributed by atoms with Crippen LogP contribution in [-0.2, 0) is 18.3 Å². The molecule has 2 fully saturated rings. The van der Waals surface area contributed by atoms with Crippen LogP contribution in [0.4, 0.5) is 0 Å². The molecule has 0 amide bonds. The van der Waals surface area contributed by atoms with Gasteiger partial charge in [-0.2, -0.15) is 0 Å². The van der Waals surface area contributed by atoms with Crippen LogP contribution in [0.25, 0.3) is 0 Å². The summed E-state index contributed by atoms with van der Waals surface area (Å²) >= 11 is 0. The second-order valence-corrected chi connectivity index (χ2v) is 16.1. The van der Waals surface area contributed by atoms with Gasteiger partial charge in [0.15, 0.2) is 16.6 Å². The average molecular weight is 291 g/mol. The highest BCUT2D eigenvalue weighted by Crippen LogP contribution is 2.33. The van der Waals surface area contributed by atoms with E-state index in [0.717, 1.165) is 0 Å². The Labute approximate surface area is 112 Å². The molecule has 3 unspecified atom stereocenters. The summed E-state index contributed by atoms with van der Waals surface area (Å²) in [5, 5.41) is 0. The average Bonchev–Trinajstić information content (AvgIpc) is 2.66. The highest BCUT2D eigenvalue weighted by atomic mass is 28.4. The number of fused-ring (bicyclic) bond motifs is 1. The maximum Gasteiger partial charge on any atom is 0.184 e. The lowest BCUT2D eigenvalue weighted by Crippen LogP contribution is -2.42. The van der Waals surface area contributed by atoms with Gasteiger partial charge in [-0.3, -0.25) is 0 Å². The third kappa shape index (κ3) is 3.64. The van der Waals surface area contributed by atoms with Gasteiger partial charge in [-0.25, -0.2) is 0 Å². The maximum absolute atomic E-state index is 6.14. The zero-order valence-corrected chi connectivity index (χ0v) is 14.4. The van der Waals surface area contributed by atoms with E-state index in [1.54, 1.807) is 0 Å². The smallest absolute Gasteiger partial charge is 0.184 e. The first kappa shape index (κ1) is 14.7. The van der Waals surface area contributed by atoms with E-state index in [2.05, 4.69) is 39.3 Å². The Morgan fingerprint density at radius 2 is 1.06 bits per heavy atom. The molecule has 0 N–H and O–H groups in total. The minimum absolute atomic E-state index is 0.0677. The largest absolute Gasteiger partial charge is 0.410 e. The standard InChI is InChI=1S/C12H26O4Si2/c1-17(2,3)15-9-7-13-12-10(8-14-11(9)12)16-18(4,5)6/h9-12H,7-8H2,1-6H3/t9-,10?,11?,12?/m0/s1. The molecule has 2 aliphatic rings. The van der Waals surface area contributed by atoms with Crippen LogP contribution in [0.5, 0.6) is 0 Å². The first-order valence-corrected chi connectivity index (χ1v) is 13.6. The summed E-state index contributed by atoms with van der Waals surface area (Å²) < 4.78 is 24.0. The molecular weight excluding hydrogens is 264 g/mol. The fourth-order valence-electron chi connectivity index (χ4n) is 2.54. The summed E-state index contributed by atoms with van der Waals surface area (Å²) in [6.45, 7) is 14.5. The van der Waals surface area contributed by atoms with Crippen molar-refractivity contribution in [2.75, 3.05) is 13.2 Å². The van der Waals surface area contributed by atoms with Crippen LogP contribution in [-0.4, -0.2) is 54.3 Å².